The summed E-state index contributed by atoms with van der Waals surface area (Å²) in [5, 5.41) is 3.51. The molecule has 15 heavy (non-hydrogen) atoms. The number of nitrogens with one attached hydrogen (secondary N) is 1. The van der Waals surface area contributed by atoms with Gasteiger partial charge >= 0.3 is 0 Å². The van der Waals surface area contributed by atoms with Gasteiger partial charge in [-0.15, -0.1) is 6.58 Å². The van der Waals surface area contributed by atoms with Crippen molar-refractivity contribution < 1.29 is 0 Å². The zero-order valence-corrected chi connectivity index (χ0v) is 9.79. The van der Waals surface area contributed by atoms with E-state index in [0.717, 1.165) is 13.0 Å². The topological polar surface area (TPSA) is 12.0 Å². The molecule has 1 heteroatoms. The Morgan fingerprint density at radius 3 is 2.60 bits per heavy atom. The van der Waals surface area contributed by atoms with E-state index in [1.807, 2.05) is 6.08 Å². The number of hydrogen-bond donors (Lipinski definition) is 1. The molecule has 0 heterocycles. The zero-order valence-electron chi connectivity index (χ0n) is 9.79. The molecule has 1 N–H and O–H groups in total. The van der Waals surface area contributed by atoms with Gasteiger partial charge in [0.2, 0.25) is 0 Å². The van der Waals surface area contributed by atoms with Crippen molar-refractivity contribution in [3.05, 3.63) is 48.0 Å². The molecule has 0 spiro atoms. The molecule has 1 aromatic rings. The van der Waals surface area contributed by atoms with Gasteiger partial charge in [0.1, 0.15) is 0 Å². The van der Waals surface area contributed by atoms with E-state index in [-0.39, 0.29) is 0 Å². The lowest BCUT2D eigenvalue weighted by Gasteiger charge is -2.14. The molecule has 1 rings (SSSR count). The molecule has 1 nitrogen and oxygen atoms in total. The highest BCUT2D eigenvalue weighted by molar-refractivity contribution is 5.23. The van der Waals surface area contributed by atoms with Crippen LogP contribution in [-0.2, 0) is 0 Å². The Labute approximate surface area is 93.2 Å². The van der Waals surface area contributed by atoms with Crippen LogP contribution in [0.2, 0.25) is 0 Å². The second kappa shape index (κ2) is 6.41. The maximum absolute atomic E-state index is 3.72. The van der Waals surface area contributed by atoms with Gasteiger partial charge in [-0.1, -0.05) is 35.9 Å². The Morgan fingerprint density at radius 1 is 1.33 bits per heavy atom. The number of benzene rings is 1. The predicted octanol–water partition coefficient (Wildman–Crippen LogP) is 3.61. The molecular formula is C14H21N. The maximum atomic E-state index is 3.72. The SMILES string of the molecule is C=CCCCN[C@@H](C)c1ccc(C)cc1. The van der Waals surface area contributed by atoms with Gasteiger partial charge in [0.05, 0.1) is 0 Å². The molecule has 0 amide bonds. The molecule has 1 aromatic carbocycles. The molecule has 0 aliphatic heterocycles. The zero-order chi connectivity index (χ0) is 11.1. The number of rotatable bonds is 6. The van der Waals surface area contributed by atoms with Crippen LogP contribution in [0.3, 0.4) is 0 Å². The Balaban J connectivity index is 2.36. The van der Waals surface area contributed by atoms with Gasteiger partial charge in [0, 0.05) is 6.04 Å². The highest BCUT2D eigenvalue weighted by atomic mass is 14.9. The molecule has 0 aliphatic carbocycles. The van der Waals surface area contributed by atoms with Gasteiger partial charge < -0.3 is 5.32 Å². The van der Waals surface area contributed by atoms with Crippen molar-refractivity contribution >= 4 is 0 Å². The smallest absolute Gasteiger partial charge is 0.0291 e. The van der Waals surface area contributed by atoms with E-state index in [1.54, 1.807) is 0 Å². The van der Waals surface area contributed by atoms with Gasteiger partial charge in [-0.05, 0) is 38.8 Å². The number of unbranched alkanes of at least 4 members (excludes halogenated alkanes) is 1. The third-order valence-electron chi connectivity index (χ3n) is 2.61. The third-order valence-corrected chi connectivity index (χ3v) is 2.61. The first kappa shape index (κ1) is 12.0. The van der Waals surface area contributed by atoms with E-state index in [2.05, 4.69) is 50.0 Å². The minimum absolute atomic E-state index is 0.440. The molecule has 0 radical (unpaired) electrons. The lowest BCUT2D eigenvalue weighted by Crippen LogP contribution is -2.19. The van der Waals surface area contributed by atoms with Crippen LogP contribution in [0.1, 0.15) is 36.9 Å². The first-order valence-corrected chi connectivity index (χ1v) is 5.65. The van der Waals surface area contributed by atoms with E-state index < -0.39 is 0 Å². The van der Waals surface area contributed by atoms with E-state index in [9.17, 15) is 0 Å². The molecule has 0 saturated carbocycles. The van der Waals surface area contributed by atoms with Crippen LogP contribution in [-0.4, -0.2) is 6.54 Å². The number of allylic oxidation sites excluding steroid dienone is 1. The average Bonchev–Trinajstić information content (AvgIpc) is 2.25. The van der Waals surface area contributed by atoms with Crippen LogP contribution in [0, 0.1) is 6.92 Å². The van der Waals surface area contributed by atoms with Crippen molar-refractivity contribution in [2.75, 3.05) is 6.54 Å². The predicted molar refractivity (Wildman–Crippen MR) is 67.0 cm³/mol. The fourth-order valence-corrected chi connectivity index (χ4v) is 1.54. The first-order chi connectivity index (χ1) is 7.24. The molecule has 0 bridgehead atoms. The maximum Gasteiger partial charge on any atom is 0.0291 e. The highest BCUT2D eigenvalue weighted by Crippen LogP contribution is 2.12. The van der Waals surface area contributed by atoms with Gasteiger partial charge in [-0.25, -0.2) is 0 Å². The number of aryl methyl sites for hydroxylation is 1. The quantitative estimate of drug-likeness (QED) is 0.550. The summed E-state index contributed by atoms with van der Waals surface area (Å²) in [7, 11) is 0. The van der Waals surface area contributed by atoms with Crippen molar-refractivity contribution in [1.29, 1.82) is 0 Å². The Morgan fingerprint density at radius 2 is 2.00 bits per heavy atom. The molecule has 82 valence electrons. The van der Waals surface area contributed by atoms with Crippen molar-refractivity contribution in [3.63, 3.8) is 0 Å². The molecule has 0 unspecified atom stereocenters. The van der Waals surface area contributed by atoms with E-state index >= 15 is 0 Å². The van der Waals surface area contributed by atoms with E-state index in [1.165, 1.54) is 17.5 Å². The minimum Gasteiger partial charge on any atom is -0.310 e. The second-order valence-electron chi connectivity index (χ2n) is 4.02. The normalized spacial score (nSPS) is 12.4. The third kappa shape index (κ3) is 4.30. The summed E-state index contributed by atoms with van der Waals surface area (Å²) in [6.45, 7) is 9.10. The summed E-state index contributed by atoms with van der Waals surface area (Å²) in [4.78, 5) is 0. The Bertz CT molecular complexity index is 287. The summed E-state index contributed by atoms with van der Waals surface area (Å²) in [6, 6.07) is 9.16. The van der Waals surface area contributed by atoms with Crippen LogP contribution in [0.15, 0.2) is 36.9 Å². The van der Waals surface area contributed by atoms with Crippen LogP contribution in [0.5, 0.6) is 0 Å². The highest BCUT2D eigenvalue weighted by Gasteiger charge is 2.02. The fourth-order valence-electron chi connectivity index (χ4n) is 1.54. The second-order valence-corrected chi connectivity index (χ2v) is 4.02. The first-order valence-electron chi connectivity index (χ1n) is 5.65. The monoisotopic (exact) mass is 203 g/mol. The van der Waals surface area contributed by atoms with Gasteiger partial charge in [-0.3, -0.25) is 0 Å². The summed E-state index contributed by atoms with van der Waals surface area (Å²) < 4.78 is 0. The van der Waals surface area contributed by atoms with Crippen LogP contribution < -0.4 is 5.32 Å². The molecular weight excluding hydrogens is 182 g/mol. The van der Waals surface area contributed by atoms with Crippen molar-refractivity contribution in [1.82, 2.24) is 5.32 Å². The van der Waals surface area contributed by atoms with Crippen molar-refractivity contribution in [2.45, 2.75) is 32.7 Å². The molecule has 0 aliphatic rings. The lowest BCUT2D eigenvalue weighted by atomic mass is 10.1. The minimum atomic E-state index is 0.440. The lowest BCUT2D eigenvalue weighted by molar-refractivity contribution is 0.561. The molecule has 0 fully saturated rings. The average molecular weight is 203 g/mol. The van der Waals surface area contributed by atoms with Gasteiger partial charge in [0.25, 0.3) is 0 Å². The largest absolute Gasteiger partial charge is 0.310 e. The van der Waals surface area contributed by atoms with E-state index in [4.69, 9.17) is 0 Å². The fraction of sp³-hybridized carbons (Fsp3) is 0.429. The Kier molecular flexibility index (Phi) is 5.13. The van der Waals surface area contributed by atoms with Crippen molar-refractivity contribution in [2.24, 2.45) is 0 Å². The van der Waals surface area contributed by atoms with E-state index in [0.29, 0.717) is 6.04 Å². The standard InChI is InChI=1S/C14H21N/c1-4-5-6-11-15-13(3)14-9-7-12(2)8-10-14/h4,7-10,13,15H,1,5-6,11H2,2-3H3/t13-/m0/s1. The Hall–Kier alpha value is -1.08. The summed E-state index contributed by atoms with van der Waals surface area (Å²) in [6.07, 6.45) is 4.23. The van der Waals surface area contributed by atoms with Crippen LogP contribution in [0.4, 0.5) is 0 Å². The summed E-state index contributed by atoms with van der Waals surface area (Å²) in [5.74, 6) is 0. The van der Waals surface area contributed by atoms with Crippen LogP contribution >= 0.6 is 0 Å². The summed E-state index contributed by atoms with van der Waals surface area (Å²) >= 11 is 0. The summed E-state index contributed by atoms with van der Waals surface area (Å²) in [5.41, 5.74) is 2.68. The molecule has 0 aromatic heterocycles. The van der Waals surface area contributed by atoms with Crippen molar-refractivity contribution in [3.8, 4) is 0 Å². The van der Waals surface area contributed by atoms with Gasteiger partial charge in [0.15, 0.2) is 0 Å². The van der Waals surface area contributed by atoms with Crippen LogP contribution in [0.25, 0.3) is 0 Å². The number of hydrogen-bond acceptors (Lipinski definition) is 1. The molecule has 0 saturated heterocycles. The van der Waals surface area contributed by atoms with Gasteiger partial charge in [-0.2, -0.15) is 0 Å². The molecule has 1 atom stereocenters.